The van der Waals surface area contributed by atoms with Gasteiger partial charge in [-0.1, -0.05) is 19.1 Å². The molecule has 2 fully saturated rings. The number of piperazine rings is 1. The van der Waals surface area contributed by atoms with Crippen molar-refractivity contribution >= 4 is 29.9 Å². The predicted molar refractivity (Wildman–Crippen MR) is 124 cm³/mol. The Labute approximate surface area is 192 Å². The molecule has 11 nitrogen and oxygen atoms in total. The van der Waals surface area contributed by atoms with Crippen LogP contribution in [0, 0.1) is 5.92 Å². The van der Waals surface area contributed by atoms with Gasteiger partial charge in [-0.05, 0) is 29.7 Å². The molecular formula is C22H31N7O4. The molecule has 2 heterocycles. The third kappa shape index (κ3) is 6.60. The quantitative estimate of drug-likeness (QED) is 0.219. The van der Waals surface area contributed by atoms with E-state index in [-0.39, 0.29) is 23.8 Å². The Bertz CT molecular complexity index is 887. The van der Waals surface area contributed by atoms with Crippen LogP contribution in [0.4, 0.5) is 10.5 Å². The second-order valence-corrected chi connectivity index (χ2v) is 8.21. The largest absolute Gasteiger partial charge is 0.480 e. The molecule has 11 heteroatoms. The number of carbonyl (C=O) groups is 3. The summed E-state index contributed by atoms with van der Waals surface area (Å²) in [5.74, 6) is -0.460. The van der Waals surface area contributed by atoms with E-state index in [2.05, 4.69) is 20.9 Å². The molecule has 178 valence electrons. The van der Waals surface area contributed by atoms with Crippen LogP contribution in [0.1, 0.15) is 18.5 Å². The monoisotopic (exact) mass is 457 g/mol. The zero-order valence-electron chi connectivity index (χ0n) is 18.6. The Hall–Kier alpha value is -3.28. The molecule has 3 atom stereocenters. The summed E-state index contributed by atoms with van der Waals surface area (Å²) in [6, 6.07) is 5.70. The molecule has 3 rings (SSSR count). The maximum absolute atomic E-state index is 12.6. The molecule has 1 aromatic carbocycles. The number of amides is 3. The highest BCUT2D eigenvalue weighted by molar-refractivity contribution is 6.04. The second kappa shape index (κ2) is 11.5. The molecule has 0 radical (unpaired) electrons. The summed E-state index contributed by atoms with van der Waals surface area (Å²) in [5.41, 5.74) is 7.24. The molecule has 3 amide bonds. The maximum Gasteiger partial charge on any atom is 0.325 e. The number of aliphatic imine (C=N–C) groups is 1. The number of amidine groups is 1. The molecule has 0 saturated carbocycles. The lowest BCUT2D eigenvalue weighted by molar-refractivity contribution is -0.143. The maximum atomic E-state index is 12.6. The van der Waals surface area contributed by atoms with Gasteiger partial charge < -0.3 is 26.4 Å². The lowest BCUT2D eigenvalue weighted by Crippen LogP contribution is -2.51. The Morgan fingerprint density at radius 2 is 1.94 bits per heavy atom. The van der Waals surface area contributed by atoms with Gasteiger partial charge in [0, 0.05) is 51.5 Å². The van der Waals surface area contributed by atoms with Crippen LogP contribution in [0.2, 0.25) is 0 Å². The van der Waals surface area contributed by atoms with Gasteiger partial charge in [0.05, 0.1) is 5.69 Å². The van der Waals surface area contributed by atoms with E-state index in [1.165, 1.54) is 12.3 Å². The first-order chi connectivity index (χ1) is 15.9. The summed E-state index contributed by atoms with van der Waals surface area (Å²) in [4.78, 5) is 43.1. The molecular weight excluding hydrogens is 426 g/mol. The molecule has 0 aromatic heterocycles. The number of carbonyl (C=O) groups excluding carboxylic acids is 2. The Morgan fingerprint density at radius 3 is 2.52 bits per heavy atom. The van der Waals surface area contributed by atoms with Crippen molar-refractivity contribution in [3.8, 4) is 0 Å². The van der Waals surface area contributed by atoms with E-state index >= 15 is 0 Å². The van der Waals surface area contributed by atoms with Gasteiger partial charge in [-0.15, -0.1) is 0 Å². The van der Waals surface area contributed by atoms with Crippen LogP contribution in [-0.2, 0) is 9.59 Å². The van der Waals surface area contributed by atoms with E-state index in [0.717, 1.165) is 13.1 Å². The summed E-state index contributed by atoms with van der Waals surface area (Å²) in [5, 5.41) is 18.1. The summed E-state index contributed by atoms with van der Waals surface area (Å²) in [7, 11) is 0. The highest BCUT2D eigenvalue weighted by atomic mass is 16.4. The van der Waals surface area contributed by atoms with Crippen molar-refractivity contribution in [3.05, 3.63) is 42.1 Å². The molecule has 33 heavy (non-hydrogen) atoms. The van der Waals surface area contributed by atoms with Crippen LogP contribution in [0.3, 0.4) is 0 Å². The minimum absolute atomic E-state index is 0.0515. The van der Waals surface area contributed by atoms with E-state index < -0.39 is 12.0 Å². The molecule has 2 aliphatic rings. The number of carboxylic acids is 1. The van der Waals surface area contributed by atoms with Crippen LogP contribution < -0.4 is 21.7 Å². The highest BCUT2D eigenvalue weighted by Crippen LogP contribution is 2.28. The Balaban J connectivity index is 1.77. The zero-order valence-corrected chi connectivity index (χ0v) is 18.6. The normalized spacial score (nSPS) is 22.8. The zero-order chi connectivity index (χ0) is 23.8. The van der Waals surface area contributed by atoms with Gasteiger partial charge in [0.25, 0.3) is 0 Å². The van der Waals surface area contributed by atoms with Gasteiger partial charge in [0.2, 0.25) is 6.41 Å². The van der Waals surface area contributed by atoms with Crippen LogP contribution in [0.15, 0.2) is 41.5 Å². The number of nitrogens with zero attached hydrogens (tertiary/aromatic N) is 3. The molecule has 6 N–H and O–H groups in total. The molecule has 2 saturated heterocycles. The smallest absolute Gasteiger partial charge is 0.325 e. The number of likely N-dealkylation sites (tertiary alicyclic amines) is 1. The molecule has 0 aliphatic carbocycles. The number of rotatable bonds is 7. The van der Waals surface area contributed by atoms with Gasteiger partial charge in [-0.2, -0.15) is 0 Å². The van der Waals surface area contributed by atoms with Crippen molar-refractivity contribution in [1.82, 2.24) is 25.8 Å². The van der Waals surface area contributed by atoms with Gasteiger partial charge in [0.15, 0.2) is 0 Å². The number of aliphatic carboxylic acids is 1. The van der Waals surface area contributed by atoms with Crippen molar-refractivity contribution < 1.29 is 19.5 Å². The van der Waals surface area contributed by atoms with Crippen molar-refractivity contribution in [2.75, 3.05) is 39.3 Å². The third-order valence-electron chi connectivity index (χ3n) is 5.80. The first kappa shape index (κ1) is 24.4. The average Bonchev–Trinajstić information content (AvgIpc) is 3.13. The number of urea groups is 1. The molecule has 0 bridgehead atoms. The average molecular weight is 458 g/mol. The van der Waals surface area contributed by atoms with Crippen LogP contribution in [-0.4, -0.2) is 84.5 Å². The fourth-order valence-electron chi connectivity index (χ4n) is 3.95. The van der Waals surface area contributed by atoms with E-state index in [1.54, 1.807) is 29.2 Å². The number of benzene rings is 1. The van der Waals surface area contributed by atoms with Gasteiger partial charge >= 0.3 is 12.0 Å². The Morgan fingerprint density at radius 1 is 1.24 bits per heavy atom. The SMILES string of the molecule is CC1CN(C(C(=O)O)c2ccc(N=C(/C=C\NC=O)NC(=O)N3CCNCC3)cc2)CC1N. The first-order valence-corrected chi connectivity index (χ1v) is 10.9. The first-order valence-electron chi connectivity index (χ1n) is 10.9. The van der Waals surface area contributed by atoms with Crippen molar-refractivity contribution in [2.45, 2.75) is 19.0 Å². The van der Waals surface area contributed by atoms with Gasteiger partial charge in [-0.25, -0.2) is 9.79 Å². The summed E-state index contributed by atoms with van der Waals surface area (Å²) >= 11 is 0. The fourth-order valence-corrected chi connectivity index (χ4v) is 3.95. The molecule has 3 unspecified atom stereocenters. The van der Waals surface area contributed by atoms with Crippen LogP contribution >= 0.6 is 0 Å². The van der Waals surface area contributed by atoms with Crippen molar-refractivity contribution in [3.63, 3.8) is 0 Å². The van der Waals surface area contributed by atoms with Crippen molar-refractivity contribution in [2.24, 2.45) is 16.6 Å². The lowest BCUT2D eigenvalue weighted by Gasteiger charge is -2.27. The number of nitrogens with one attached hydrogen (secondary N) is 3. The topological polar surface area (TPSA) is 152 Å². The van der Waals surface area contributed by atoms with Crippen molar-refractivity contribution in [1.29, 1.82) is 0 Å². The van der Waals surface area contributed by atoms with E-state index in [1.807, 2.05) is 11.8 Å². The second-order valence-electron chi connectivity index (χ2n) is 8.21. The summed E-state index contributed by atoms with van der Waals surface area (Å²) in [6.07, 6.45) is 3.37. The third-order valence-corrected chi connectivity index (χ3v) is 5.80. The van der Waals surface area contributed by atoms with E-state index in [9.17, 15) is 19.5 Å². The van der Waals surface area contributed by atoms with Gasteiger partial charge in [0.1, 0.15) is 11.9 Å². The summed E-state index contributed by atoms with van der Waals surface area (Å²) in [6.45, 7) is 5.76. The number of nitrogens with two attached hydrogens (primary N) is 1. The van der Waals surface area contributed by atoms with Crippen LogP contribution in [0.5, 0.6) is 0 Å². The number of hydrogen-bond donors (Lipinski definition) is 5. The minimum atomic E-state index is -0.931. The molecule has 0 spiro atoms. The van der Waals surface area contributed by atoms with Crippen LogP contribution in [0.25, 0.3) is 0 Å². The Kier molecular flexibility index (Phi) is 8.52. The number of carboxylic acid groups (broad SMARTS) is 1. The number of hydrogen-bond acceptors (Lipinski definition) is 7. The van der Waals surface area contributed by atoms with Gasteiger partial charge in [-0.3, -0.25) is 19.8 Å². The molecule has 2 aliphatic heterocycles. The lowest BCUT2D eigenvalue weighted by atomic mass is 10.1. The van der Waals surface area contributed by atoms with E-state index in [4.69, 9.17) is 5.73 Å². The summed E-state index contributed by atoms with van der Waals surface area (Å²) < 4.78 is 0. The molecule has 1 aromatic rings. The highest BCUT2D eigenvalue weighted by Gasteiger charge is 2.35. The standard InChI is InChI=1S/C22H31N7O4/c1-15-12-29(13-18(15)23)20(21(31)32)16-2-4-17(5-3-16)26-19(6-7-25-14-30)27-22(33)28-10-8-24-9-11-28/h2-7,14-15,18,20,24H,8-13,23H2,1H3,(H,25,30)(H,31,32)(H,26,27,33)/b7-6-. The predicted octanol–water partition coefficient (Wildman–Crippen LogP) is -0.00420. The van der Waals surface area contributed by atoms with E-state index in [0.29, 0.717) is 43.8 Å². The minimum Gasteiger partial charge on any atom is -0.480 e. The fraction of sp³-hybridized carbons (Fsp3) is 0.455.